The molecule has 1 aliphatic heterocycles. The molecule has 1 aliphatic rings. The maximum Gasteiger partial charge on any atom is 0.228 e. The molecule has 0 saturated carbocycles. The van der Waals surface area contributed by atoms with E-state index in [1.165, 1.54) is 12.8 Å². The van der Waals surface area contributed by atoms with Crippen LogP contribution in [0.25, 0.3) is 0 Å². The van der Waals surface area contributed by atoms with Crippen molar-refractivity contribution in [3.8, 4) is 0 Å². The predicted molar refractivity (Wildman–Crippen MR) is 74.5 cm³/mol. The molecule has 2 N–H and O–H groups in total. The topological polar surface area (TPSA) is 41.1 Å². The summed E-state index contributed by atoms with van der Waals surface area (Å²) in [4.78, 5) is 13.1. The first-order valence-electron chi connectivity index (χ1n) is 5.93. The number of carbonyl (C=O) groups is 1. The van der Waals surface area contributed by atoms with Crippen molar-refractivity contribution >= 4 is 33.2 Å². The van der Waals surface area contributed by atoms with Gasteiger partial charge in [-0.25, -0.2) is 0 Å². The molecule has 1 aromatic heterocycles. The van der Waals surface area contributed by atoms with E-state index in [-0.39, 0.29) is 11.8 Å². The number of nitrogens with one attached hydrogen (secondary N) is 2. The summed E-state index contributed by atoms with van der Waals surface area (Å²) < 4.78 is 1.07. The smallest absolute Gasteiger partial charge is 0.228 e. The van der Waals surface area contributed by atoms with Crippen molar-refractivity contribution in [1.29, 1.82) is 0 Å². The average molecular weight is 317 g/mol. The Morgan fingerprint density at radius 3 is 3.12 bits per heavy atom. The molecular weight excluding hydrogens is 300 g/mol. The van der Waals surface area contributed by atoms with Crippen molar-refractivity contribution in [2.75, 3.05) is 13.1 Å². The van der Waals surface area contributed by atoms with Crippen LogP contribution in [0, 0.1) is 0 Å². The molecule has 17 heavy (non-hydrogen) atoms. The number of rotatable bonds is 4. The normalized spacial score (nSPS) is 21.4. The highest BCUT2D eigenvalue weighted by atomic mass is 79.9. The Morgan fingerprint density at radius 1 is 1.71 bits per heavy atom. The fraction of sp³-hybridized carbons (Fsp3) is 0.583. The Kier molecular flexibility index (Phi) is 4.59. The minimum absolute atomic E-state index is 0.0623. The van der Waals surface area contributed by atoms with E-state index in [9.17, 15) is 4.79 Å². The quantitative estimate of drug-likeness (QED) is 0.896. The molecule has 0 spiro atoms. The molecule has 2 heterocycles. The minimum Gasteiger partial charge on any atom is -0.354 e. The summed E-state index contributed by atoms with van der Waals surface area (Å²) in [6.45, 7) is 3.78. The Bertz CT molecular complexity index is 388. The number of hydrogen-bond acceptors (Lipinski definition) is 3. The fourth-order valence-electron chi connectivity index (χ4n) is 2.00. The van der Waals surface area contributed by atoms with Crippen LogP contribution in [-0.2, 0) is 4.79 Å². The predicted octanol–water partition coefficient (Wildman–Crippen LogP) is 2.48. The third-order valence-electron chi connectivity index (χ3n) is 3.10. The lowest BCUT2D eigenvalue weighted by molar-refractivity contribution is -0.122. The van der Waals surface area contributed by atoms with Gasteiger partial charge in [-0.1, -0.05) is 0 Å². The zero-order valence-electron chi connectivity index (χ0n) is 9.83. The monoisotopic (exact) mass is 316 g/mol. The molecule has 0 aliphatic carbocycles. The van der Waals surface area contributed by atoms with Crippen molar-refractivity contribution in [3.63, 3.8) is 0 Å². The van der Waals surface area contributed by atoms with Crippen LogP contribution in [0.1, 0.15) is 30.6 Å². The molecule has 2 atom stereocenters. The summed E-state index contributed by atoms with van der Waals surface area (Å²) in [5.41, 5.74) is 0. The molecule has 1 amide bonds. The zero-order chi connectivity index (χ0) is 12.3. The summed E-state index contributed by atoms with van der Waals surface area (Å²) >= 11 is 5.04. The molecule has 3 nitrogen and oxygen atoms in total. The fourth-order valence-corrected chi connectivity index (χ4v) is 3.47. The van der Waals surface area contributed by atoms with E-state index in [0.29, 0.717) is 6.04 Å². The van der Waals surface area contributed by atoms with E-state index < -0.39 is 0 Å². The van der Waals surface area contributed by atoms with Crippen LogP contribution in [-0.4, -0.2) is 25.0 Å². The van der Waals surface area contributed by atoms with Crippen LogP contribution in [0.15, 0.2) is 15.9 Å². The van der Waals surface area contributed by atoms with Crippen LogP contribution in [0.2, 0.25) is 0 Å². The lowest BCUT2D eigenvalue weighted by Crippen LogP contribution is -2.38. The molecule has 0 radical (unpaired) electrons. The van der Waals surface area contributed by atoms with Crippen LogP contribution < -0.4 is 10.6 Å². The SMILES string of the molecule is CC(C(=O)NCC1CCCN1)c1ccc(Br)s1. The van der Waals surface area contributed by atoms with E-state index in [4.69, 9.17) is 0 Å². The van der Waals surface area contributed by atoms with E-state index in [2.05, 4.69) is 26.6 Å². The molecule has 1 saturated heterocycles. The van der Waals surface area contributed by atoms with Crippen molar-refractivity contribution in [3.05, 3.63) is 20.8 Å². The van der Waals surface area contributed by atoms with Gasteiger partial charge in [0.05, 0.1) is 9.70 Å². The highest BCUT2D eigenvalue weighted by Gasteiger charge is 2.19. The molecule has 2 rings (SSSR count). The average Bonchev–Trinajstić information content (AvgIpc) is 2.95. The van der Waals surface area contributed by atoms with E-state index in [1.54, 1.807) is 11.3 Å². The molecule has 1 aromatic rings. The highest BCUT2D eigenvalue weighted by Crippen LogP contribution is 2.28. The van der Waals surface area contributed by atoms with Crippen LogP contribution in [0.3, 0.4) is 0 Å². The lowest BCUT2D eigenvalue weighted by atomic mass is 10.1. The zero-order valence-corrected chi connectivity index (χ0v) is 12.2. The summed E-state index contributed by atoms with van der Waals surface area (Å²) in [7, 11) is 0. The standard InChI is InChI=1S/C12H17BrN2OS/c1-8(10-4-5-11(13)17-10)12(16)15-7-9-3-2-6-14-9/h4-5,8-9,14H,2-3,6-7H2,1H3,(H,15,16). The molecule has 5 heteroatoms. The summed E-state index contributed by atoms with van der Waals surface area (Å²) in [6.07, 6.45) is 2.38. The largest absolute Gasteiger partial charge is 0.354 e. The van der Waals surface area contributed by atoms with Gasteiger partial charge in [-0.15, -0.1) is 11.3 Å². The van der Waals surface area contributed by atoms with Crippen molar-refractivity contribution < 1.29 is 4.79 Å². The van der Waals surface area contributed by atoms with Gasteiger partial charge < -0.3 is 10.6 Å². The third kappa shape index (κ3) is 3.53. The van der Waals surface area contributed by atoms with Crippen molar-refractivity contribution in [2.45, 2.75) is 31.7 Å². The molecule has 0 bridgehead atoms. The van der Waals surface area contributed by atoms with Gasteiger partial charge in [0.2, 0.25) is 5.91 Å². The summed E-state index contributed by atoms with van der Waals surface area (Å²) in [5, 5.41) is 6.40. The van der Waals surface area contributed by atoms with Crippen molar-refractivity contribution in [2.24, 2.45) is 0 Å². The number of halogens is 1. The first-order chi connectivity index (χ1) is 8.16. The van der Waals surface area contributed by atoms with Gasteiger partial charge >= 0.3 is 0 Å². The Balaban J connectivity index is 1.82. The molecule has 2 unspecified atom stereocenters. The highest BCUT2D eigenvalue weighted by molar-refractivity contribution is 9.11. The second-order valence-corrected chi connectivity index (χ2v) is 6.90. The van der Waals surface area contributed by atoms with Crippen LogP contribution in [0.4, 0.5) is 0 Å². The van der Waals surface area contributed by atoms with Crippen molar-refractivity contribution in [1.82, 2.24) is 10.6 Å². The van der Waals surface area contributed by atoms with Crippen LogP contribution in [0.5, 0.6) is 0 Å². The van der Waals surface area contributed by atoms with Gasteiger partial charge in [-0.2, -0.15) is 0 Å². The van der Waals surface area contributed by atoms with Gasteiger partial charge in [-0.05, 0) is 54.4 Å². The number of amides is 1. The Labute approximate surface area is 114 Å². The summed E-state index contributed by atoms with van der Waals surface area (Å²) in [5.74, 6) is 0.0563. The number of thiophene rings is 1. The molecular formula is C12H17BrN2OS. The van der Waals surface area contributed by atoms with Crippen LogP contribution >= 0.6 is 27.3 Å². The van der Waals surface area contributed by atoms with E-state index in [1.807, 2.05) is 19.1 Å². The lowest BCUT2D eigenvalue weighted by Gasteiger charge is -2.14. The summed E-state index contributed by atoms with van der Waals surface area (Å²) in [6, 6.07) is 4.45. The Morgan fingerprint density at radius 2 is 2.53 bits per heavy atom. The second-order valence-electron chi connectivity index (χ2n) is 4.40. The molecule has 0 aromatic carbocycles. The van der Waals surface area contributed by atoms with Gasteiger partial charge in [0.25, 0.3) is 0 Å². The maximum atomic E-state index is 12.0. The molecule has 1 fully saturated rings. The van der Waals surface area contributed by atoms with Gasteiger partial charge in [0.15, 0.2) is 0 Å². The first kappa shape index (κ1) is 13.1. The maximum absolute atomic E-state index is 12.0. The van der Waals surface area contributed by atoms with Gasteiger partial charge in [0.1, 0.15) is 0 Å². The van der Waals surface area contributed by atoms with Gasteiger partial charge in [0, 0.05) is 17.5 Å². The van der Waals surface area contributed by atoms with E-state index in [0.717, 1.165) is 21.8 Å². The number of hydrogen-bond donors (Lipinski definition) is 2. The first-order valence-corrected chi connectivity index (χ1v) is 7.54. The Hall–Kier alpha value is -0.390. The second kappa shape index (κ2) is 5.98. The number of carbonyl (C=O) groups excluding carboxylic acids is 1. The third-order valence-corrected chi connectivity index (χ3v) is 4.91. The van der Waals surface area contributed by atoms with Gasteiger partial charge in [-0.3, -0.25) is 4.79 Å². The molecule has 94 valence electrons. The minimum atomic E-state index is -0.0623. The van der Waals surface area contributed by atoms with E-state index >= 15 is 0 Å².